The minimum atomic E-state index is -4.40. The Kier molecular flexibility index (Phi) is 17.9. The lowest BCUT2D eigenvalue weighted by Crippen LogP contribution is -2.43. The second-order valence-corrected chi connectivity index (χ2v) is 12.0. The molecule has 10 nitrogen and oxygen atoms in total. The van der Waals surface area contributed by atoms with Gasteiger partial charge in [0.25, 0.3) is 5.09 Å². The van der Waals surface area contributed by atoms with Gasteiger partial charge in [-0.1, -0.05) is 48.6 Å². The van der Waals surface area contributed by atoms with Gasteiger partial charge in [-0.15, -0.1) is 10.1 Å². The van der Waals surface area contributed by atoms with Crippen LogP contribution in [0.1, 0.15) is 76.7 Å². The SMILES string of the molecule is CC(=O)NC(CSC(=O)CCC/C=C\CC1CCCC1/C=C/CCOc1cccc(C(F)(F)F)c1)C(=O)OCCCCO[N+](=O)[O-]. The minimum absolute atomic E-state index is 0.0141. The Morgan fingerprint density at radius 1 is 1.09 bits per heavy atom. The minimum Gasteiger partial charge on any atom is -0.493 e. The van der Waals surface area contributed by atoms with Crippen LogP contribution in [0.3, 0.4) is 0 Å². The van der Waals surface area contributed by atoms with Crippen molar-refractivity contribution in [3.63, 3.8) is 0 Å². The van der Waals surface area contributed by atoms with E-state index in [-0.39, 0.29) is 29.8 Å². The van der Waals surface area contributed by atoms with Gasteiger partial charge >= 0.3 is 12.1 Å². The molecule has 14 heteroatoms. The molecule has 1 N–H and O–H groups in total. The third-order valence-corrected chi connectivity index (χ3v) is 8.25. The van der Waals surface area contributed by atoms with Gasteiger partial charge in [-0.25, -0.2) is 4.79 Å². The second kappa shape index (κ2) is 21.3. The number of benzene rings is 1. The average Bonchev–Trinajstić information content (AvgIpc) is 3.44. The Morgan fingerprint density at radius 3 is 2.61 bits per heavy atom. The molecule has 0 aromatic heterocycles. The number of hydrogen-bond acceptors (Lipinski definition) is 9. The predicted molar refractivity (Wildman–Crippen MR) is 167 cm³/mol. The van der Waals surface area contributed by atoms with Crippen molar-refractivity contribution in [2.75, 3.05) is 25.6 Å². The Balaban J connectivity index is 1.61. The molecule has 1 fully saturated rings. The van der Waals surface area contributed by atoms with Gasteiger partial charge in [-0.3, -0.25) is 9.59 Å². The Morgan fingerprint density at radius 2 is 1.87 bits per heavy atom. The third-order valence-electron chi connectivity index (χ3n) is 7.23. The Bertz CT molecular complexity index is 1180. The van der Waals surface area contributed by atoms with Crippen molar-refractivity contribution < 1.29 is 47.0 Å². The van der Waals surface area contributed by atoms with E-state index < -0.39 is 34.7 Å². The van der Waals surface area contributed by atoms with Gasteiger partial charge in [-0.2, -0.15) is 13.2 Å². The van der Waals surface area contributed by atoms with Crippen LogP contribution in [-0.4, -0.2) is 53.7 Å². The Hall–Kier alpha value is -3.55. The van der Waals surface area contributed by atoms with Gasteiger partial charge in [0.2, 0.25) is 5.91 Å². The number of nitrogens with one attached hydrogen (secondary N) is 1. The van der Waals surface area contributed by atoms with Gasteiger partial charge in [0.1, 0.15) is 11.8 Å². The van der Waals surface area contributed by atoms with E-state index >= 15 is 0 Å². The summed E-state index contributed by atoms with van der Waals surface area (Å²) in [5.41, 5.74) is -0.727. The van der Waals surface area contributed by atoms with Gasteiger partial charge in [0, 0.05) is 19.1 Å². The normalized spacial score (nSPS) is 17.2. The molecule has 256 valence electrons. The molecule has 1 aliphatic rings. The molecule has 0 bridgehead atoms. The number of esters is 1. The van der Waals surface area contributed by atoms with E-state index in [0.717, 1.165) is 56.0 Å². The van der Waals surface area contributed by atoms with Crippen LogP contribution in [0.4, 0.5) is 13.2 Å². The maximum Gasteiger partial charge on any atom is 0.416 e. The summed E-state index contributed by atoms with van der Waals surface area (Å²) < 4.78 is 49.2. The molecule has 46 heavy (non-hydrogen) atoms. The molecular formula is C32H43F3N2O8S. The third kappa shape index (κ3) is 16.7. The Labute approximate surface area is 271 Å². The molecule has 1 aliphatic carbocycles. The molecular weight excluding hydrogens is 629 g/mol. The highest BCUT2D eigenvalue weighted by molar-refractivity contribution is 8.13. The zero-order chi connectivity index (χ0) is 33.8. The maximum atomic E-state index is 12.9. The molecule has 1 aromatic carbocycles. The zero-order valence-corrected chi connectivity index (χ0v) is 26.8. The molecule has 0 aliphatic heterocycles. The van der Waals surface area contributed by atoms with Gasteiger partial charge < -0.3 is 19.6 Å². The van der Waals surface area contributed by atoms with Crippen molar-refractivity contribution in [2.45, 2.75) is 83.4 Å². The first-order valence-electron chi connectivity index (χ1n) is 15.4. The average molecular weight is 673 g/mol. The molecule has 1 saturated carbocycles. The van der Waals surface area contributed by atoms with Crippen molar-refractivity contribution in [3.05, 3.63) is 64.2 Å². The summed E-state index contributed by atoms with van der Waals surface area (Å²) in [4.78, 5) is 50.5. The number of allylic oxidation sites excluding steroid dienone is 3. The van der Waals surface area contributed by atoms with E-state index in [9.17, 15) is 37.7 Å². The summed E-state index contributed by atoms with van der Waals surface area (Å²) in [7, 11) is 0. The smallest absolute Gasteiger partial charge is 0.416 e. The molecule has 0 radical (unpaired) electrons. The fourth-order valence-electron chi connectivity index (χ4n) is 4.92. The summed E-state index contributed by atoms with van der Waals surface area (Å²) in [6, 6.07) is 3.91. The van der Waals surface area contributed by atoms with Crippen molar-refractivity contribution in [3.8, 4) is 5.75 Å². The van der Waals surface area contributed by atoms with Crippen LogP contribution >= 0.6 is 11.8 Å². The van der Waals surface area contributed by atoms with E-state index in [1.54, 1.807) is 0 Å². The van der Waals surface area contributed by atoms with Gasteiger partial charge in [0.15, 0.2) is 5.12 Å². The molecule has 2 rings (SSSR count). The number of ether oxygens (including phenoxy) is 2. The lowest BCUT2D eigenvalue weighted by molar-refractivity contribution is -0.757. The van der Waals surface area contributed by atoms with E-state index in [2.05, 4.69) is 28.4 Å². The van der Waals surface area contributed by atoms with Crippen LogP contribution in [0.25, 0.3) is 0 Å². The highest BCUT2D eigenvalue weighted by atomic mass is 32.2. The van der Waals surface area contributed by atoms with Crippen LogP contribution in [0, 0.1) is 22.0 Å². The number of rotatable bonds is 21. The zero-order valence-electron chi connectivity index (χ0n) is 26.0. The van der Waals surface area contributed by atoms with Crippen LogP contribution in [0.15, 0.2) is 48.6 Å². The summed E-state index contributed by atoms with van der Waals surface area (Å²) in [5, 5.41) is 11.6. The fourth-order valence-corrected chi connectivity index (χ4v) is 5.78. The fraction of sp³-hybridized carbons (Fsp3) is 0.594. The molecule has 0 saturated heterocycles. The number of halogens is 3. The van der Waals surface area contributed by atoms with E-state index in [4.69, 9.17) is 9.47 Å². The van der Waals surface area contributed by atoms with Crippen LogP contribution in [-0.2, 0) is 30.1 Å². The van der Waals surface area contributed by atoms with Crippen molar-refractivity contribution in [1.82, 2.24) is 5.32 Å². The first-order valence-corrected chi connectivity index (χ1v) is 16.4. The van der Waals surface area contributed by atoms with Crippen molar-refractivity contribution >= 4 is 28.8 Å². The quantitative estimate of drug-likeness (QED) is 0.0489. The van der Waals surface area contributed by atoms with Crippen LogP contribution < -0.4 is 10.1 Å². The summed E-state index contributed by atoms with van der Waals surface area (Å²) in [6.07, 6.45) is 11.4. The van der Waals surface area contributed by atoms with Crippen molar-refractivity contribution in [1.29, 1.82) is 0 Å². The van der Waals surface area contributed by atoms with Gasteiger partial charge in [0.05, 0.1) is 25.4 Å². The molecule has 1 amide bonds. The highest BCUT2D eigenvalue weighted by Gasteiger charge is 2.30. The highest BCUT2D eigenvalue weighted by Crippen LogP contribution is 2.35. The van der Waals surface area contributed by atoms with Gasteiger partial charge in [-0.05, 0) is 81.4 Å². The maximum absolute atomic E-state index is 12.9. The lowest BCUT2D eigenvalue weighted by Gasteiger charge is -2.16. The predicted octanol–water partition coefficient (Wildman–Crippen LogP) is 6.86. The summed E-state index contributed by atoms with van der Waals surface area (Å²) in [5.74, 6) is 0.122. The second-order valence-electron chi connectivity index (χ2n) is 10.9. The number of nitrogens with zero attached hydrogens (tertiary/aromatic N) is 1. The molecule has 3 atom stereocenters. The van der Waals surface area contributed by atoms with E-state index in [0.29, 0.717) is 50.5 Å². The number of hydrogen-bond donors (Lipinski definition) is 1. The topological polar surface area (TPSA) is 134 Å². The van der Waals surface area contributed by atoms with Crippen LogP contribution in [0.5, 0.6) is 5.75 Å². The van der Waals surface area contributed by atoms with E-state index in [1.807, 2.05) is 6.08 Å². The number of thioether (sulfide) groups is 1. The number of carbonyl (C=O) groups is 3. The number of carbonyl (C=O) groups excluding carboxylic acids is 3. The van der Waals surface area contributed by atoms with E-state index in [1.165, 1.54) is 19.1 Å². The lowest BCUT2D eigenvalue weighted by atomic mass is 9.92. The number of amides is 1. The summed E-state index contributed by atoms with van der Waals surface area (Å²) >= 11 is 0.966. The molecule has 1 aromatic rings. The standard InChI is InChI=1S/C32H43F3N2O8S/c1-24(38)36-29(31(40)44-20-8-9-21-45-37(41)42)23-46-30(39)18-5-3-2-4-12-25-14-10-15-26(25)13-6-7-19-43-28-17-11-16-27(22-28)32(33,34)35/h2,4,6,11,13,16-17,22,25-26,29H,3,5,7-10,12,14-15,18-21,23H2,1H3,(H,36,38)/b4-2-,13-6+. The molecule has 0 heterocycles. The first-order chi connectivity index (χ1) is 22.0. The monoisotopic (exact) mass is 672 g/mol. The summed E-state index contributed by atoms with van der Waals surface area (Å²) in [6.45, 7) is 1.48. The van der Waals surface area contributed by atoms with Crippen LogP contribution in [0.2, 0.25) is 0 Å². The number of alkyl halides is 3. The number of unbranched alkanes of at least 4 members (excludes halogenated alkanes) is 2. The molecule has 3 unspecified atom stereocenters. The van der Waals surface area contributed by atoms with Crippen molar-refractivity contribution in [2.24, 2.45) is 11.8 Å². The largest absolute Gasteiger partial charge is 0.493 e. The molecule has 0 spiro atoms. The first kappa shape index (κ1) is 38.6.